The minimum atomic E-state index is -0.642. The van der Waals surface area contributed by atoms with Gasteiger partial charge in [-0.1, -0.05) is 72.3 Å². The van der Waals surface area contributed by atoms with E-state index in [9.17, 15) is 9.18 Å². The zero-order valence-electron chi connectivity index (χ0n) is 27.9. The minimum absolute atomic E-state index is 0.0891. The number of aromatic nitrogens is 2. The number of hydrogen-bond acceptors (Lipinski definition) is 6. The summed E-state index contributed by atoms with van der Waals surface area (Å²) < 4.78 is 41.5. The number of carbonyl (C=O) groups is 1. The second-order valence-corrected chi connectivity index (χ2v) is 13.1. The van der Waals surface area contributed by atoms with E-state index in [0.29, 0.717) is 35.6 Å². The van der Waals surface area contributed by atoms with Crippen molar-refractivity contribution in [3.8, 4) is 17.0 Å². The van der Waals surface area contributed by atoms with Crippen LogP contribution < -0.4 is 20.3 Å². The molecule has 8 nitrogen and oxygen atoms in total. The average Bonchev–Trinajstić information content (AvgIpc) is 3.47. The van der Waals surface area contributed by atoms with E-state index in [1.807, 2.05) is 42.6 Å². The zero-order chi connectivity index (χ0) is 35.0. The topological polar surface area (TPSA) is 91.5 Å². The summed E-state index contributed by atoms with van der Waals surface area (Å²) in [5, 5.41) is 6.28. The third-order valence-corrected chi connectivity index (χ3v) is 7.66. The molecule has 0 aliphatic carbocycles. The van der Waals surface area contributed by atoms with E-state index < -0.39 is 29.4 Å². The Bertz CT molecular complexity index is 1810. The first-order valence-electron chi connectivity index (χ1n) is 16.0. The molecule has 0 aliphatic heterocycles. The van der Waals surface area contributed by atoms with E-state index in [0.717, 1.165) is 23.0 Å². The van der Waals surface area contributed by atoms with Gasteiger partial charge in [0.05, 0.1) is 18.4 Å². The van der Waals surface area contributed by atoms with Crippen molar-refractivity contribution in [2.45, 2.75) is 59.0 Å². The van der Waals surface area contributed by atoms with Gasteiger partial charge in [0.1, 0.15) is 29.2 Å². The quantitative estimate of drug-likeness (QED) is 0.114. The summed E-state index contributed by atoms with van der Waals surface area (Å²) >= 11 is 6.16. The Morgan fingerprint density at radius 2 is 1.63 bits per heavy atom. The van der Waals surface area contributed by atoms with E-state index in [1.54, 1.807) is 39.8 Å². The van der Waals surface area contributed by atoms with E-state index >= 15 is 4.39 Å². The van der Waals surface area contributed by atoms with Crippen LogP contribution in [-0.4, -0.2) is 34.3 Å². The molecule has 3 N–H and O–H groups in total. The van der Waals surface area contributed by atoms with Crippen molar-refractivity contribution in [2.24, 2.45) is 0 Å². The molecule has 0 saturated heterocycles. The summed E-state index contributed by atoms with van der Waals surface area (Å²) in [6.45, 7) is 8.42. The van der Waals surface area contributed by atoms with Gasteiger partial charge in [0.15, 0.2) is 0 Å². The van der Waals surface area contributed by atoms with Crippen LogP contribution in [0.1, 0.15) is 44.4 Å². The van der Waals surface area contributed by atoms with Crippen molar-refractivity contribution in [1.29, 1.82) is 0 Å². The molecule has 0 saturated carbocycles. The monoisotopic (exact) mass is 687 g/mol. The first kappa shape index (κ1) is 35.2. The summed E-state index contributed by atoms with van der Waals surface area (Å²) in [4.78, 5) is 21.8. The van der Waals surface area contributed by atoms with Crippen molar-refractivity contribution >= 4 is 29.2 Å². The van der Waals surface area contributed by atoms with Gasteiger partial charge < -0.3 is 30.0 Å². The minimum Gasteiger partial charge on any atom is -0.473 e. The number of aromatic amines is 1. The molecule has 49 heavy (non-hydrogen) atoms. The van der Waals surface area contributed by atoms with E-state index in [1.165, 1.54) is 12.1 Å². The van der Waals surface area contributed by atoms with Gasteiger partial charge in [-0.05, 0) is 63.1 Å². The van der Waals surface area contributed by atoms with Crippen LogP contribution >= 0.6 is 11.6 Å². The third-order valence-electron chi connectivity index (χ3n) is 7.43. The van der Waals surface area contributed by atoms with Gasteiger partial charge in [0, 0.05) is 47.5 Å². The number of ether oxygens (including phenoxy) is 2. The summed E-state index contributed by atoms with van der Waals surface area (Å²) in [6, 6.07) is 26.0. The lowest BCUT2D eigenvalue weighted by Gasteiger charge is -2.26. The van der Waals surface area contributed by atoms with Crippen molar-refractivity contribution in [1.82, 2.24) is 15.3 Å². The number of amides is 1. The van der Waals surface area contributed by atoms with Crippen LogP contribution in [0.2, 0.25) is 5.02 Å². The van der Waals surface area contributed by atoms with Crippen LogP contribution in [0.3, 0.4) is 0 Å². The van der Waals surface area contributed by atoms with Gasteiger partial charge in [-0.2, -0.15) is 0 Å². The molecule has 0 aliphatic rings. The molecule has 11 heteroatoms. The Morgan fingerprint density at radius 1 is 0.980 bits per heavy atom. The highest BCUT2D eigenvalue weighted by Crippen LogP contribution is 2.41. The van der Waals surface area contributed by atoms with Crippen molar-refractivity contribution in [2.75, 3.05) is 16.8 Å². The van der Waals surface area contributed by atoms with E-state index in [4.69, 9.17) is 21.1 Å². The van der Waals surface area contributed by atoms with Gasteiger partial charge in [0.25, 0.3) is 0 Å². The molecule has 256 valence electrons. The molecule has 0 spiro atoms. The Hall–Kier alpha value is -5.09. The smallest absolute Gasteiger partial charge is 0.407 e. The maximum Gasteiger partial charge on any atom is 0.407 e. The predicted octanol–water partition coefficient (Wildman–Crippen LogP) is 9.12. The number of carbonyl (C=O) groups excluding carboxylic acids is 1. The molecule has 5 rings (SSSR count). The number of pyridine rings is 1. The molecule has 3 aromatic carbocycles. The SMILES string of the molecule is C[C@@H](CNC(=O)OC(C)(C)C)Oc1ncc(F)cc1CNc1[nH]cc(N(Cc2ccccc2)Cc2ccccc2)c1-c1ccc(Cl)cc1F. The normalized spacial score (nSPS) is 11.9. The number of nitrogens with one attached hydrogen (secondary N) is 3. The fourth-order valence-electron chi connectivity index (χ4n) is 5.26. The Labute approximate surface area is 290 Å². The summed E-state index contributed by atoms with van der Waals surface area (Å²) in [5.41, 5.74) is 3.63. The molecule has 5 aromatic rings. The van der Waals surface area contributed by atoms with Crippen LogP contribution in [-0.2, 0) is 24.4 Å². The number of anilines is 2. The van der Waals surface area contributed by atoms with E-state index in [2.05, 4.69) is 49.8 Å². The summed E-state index contributed by atoms with van der Waals surface area (Å²) in [7, 11) is 0. The number of H-pyrrole nitrogens is 1. The van der Waals surface area contributed by atoms with Crippen LogP contribution in [0.5, 0.6) is 5.88 Å². The Kier molecular flexibility index (Phi) is 11.4. The standard InChI is InChI=1S/C38H40ClF2N5O3/c1-25(19-45-37(47)49-38(2,3)4)48-36-28(17-30(40)21-44-36)20-42-35-34(31-16-15-29(39)18-32(31)41)33(22-43-35)46(23-26-11-7-5-8-12-26)24-27-13-9-6-10-14-27/h5-18,21-22,25,42-43H,19-20,23-24H2,1-4H3,(H,45,47)/t25-/m0/s1. The first-order chi connectivity index (χ1) is 23.4. The fourth-order valence-corrected chi connectivity index (χ4v) is 5.42. The maximum absolute atomic E-state index is 15.7. The molecular formula is C38H40ClF2N5O3. The Balaban J connectivity index is 1.44. The second kappa shape index (κ2) is 15.9. The van der Waals surface area contributed by atoms with Gasteiger partial charge in [-0.25, -0.2) is 18.6 Å². The van der Waals surface area contributed by atoms with Crippen molar-refractivity contribution < 1.29 is 23.0 Å². The highest BCUT2D eigenvalue weighted by atomic mass is 35.5. The van der Waals surface area contributed by atoms with Crippen LogP contribution in [0, 0.1) is 11.6 Å². The number of halogens is 3. The van der Waals surface area contributed by atoms with Gasteiger partial charge in [-0.15, -0.1) is 0 Å². The molecule has 2 heterocycles. The van der Waals surface area contributed by atoms with Crippen LogP contribution in [0.25, 0.3) is 11.1 Å². The zero-order valence-corrected chi connectivity index (χ0v) is 28.7. The highest BCUT2D eigenvalue weighted by molar-refractivity contribution is 6.30. The molecule has 2 aromatic heterocycles. The molecular weight excluding hydrogens is 648 g/mol. The number of alkyl carbamates (subject to hydrolysis) is 1. The summed E-state index contributed by atoms with van der Waals surface area (Å²) in [5.74, 6) is -0.333. The lowest BCUT2D eigenvalue weighted by Crippen LogP contribution is -2.37. The number of benzene rings is 3. The molecule has 0 unspecified atom stereocenters. The number of hydrogen-bond donors (Lipinski definition) is 3. The highest BCUT2D eigenvalue weighted by Gasteiger charge is 2.23. The molecule has 1 amide bonds. The first-order valence-corrected chi connectivity index (χ1v) is 16.3. The van der Waals surface area contributed by atoms with E-state index in [-0.39, 0.29) is 24.0 Å². The largest absolute Gasteiger partial charge is 0.473 e. The van der Waals surface area contributed by atoms with Gasteiger partial charge >= 0.3 is 6.09 Å². The maximum atomic E-state index is 15.7. The predicted molar refractivity (Wildman–Crippen MR) is 190 cm³/mol. The summed E-state index contributed by atoms with van der Waals surface area (Å²) in [6.07, 6.45) is 1.82. The van der Waals surface area contributed by atoms with Crippen molar-refractivity contribution in [3.63, 3.8) is 0 Å². The van der Waals surface area contributed by atoms with Gasteiger partial charge in [-0.3, -0.25) is 0 Å². The lowest BCUT2D eigenvalue weighted by molar-refractivity contribution is 0.0503. The van der Waals surface area contributed by atoms with Crippen LogP contribution in [0.4, 0.5) is 25.1 Å². The van der Waals surface area contributed by atoms with Gasteiger partial charge in [0.2, 0.25) is 5.88 Å². The third kappa shape index (κ3) is 9.96. The van der Waals surface area contributed by atoms with Crippen LogP contribution in [0.15, 0.2) is 97.3 Å². The molecule has 1 atom stereocenters. The Morgan fingerprint density at radius 3 is 2.24 bits per heavy atom. The molecule has 0 radical (unpaired) electrons. The van der Waals surface area contributed by atoms with Crippen molar-refractivity contribution in [3.05, 3.63) is 131 Å². The number of rotatable bonds is 13. The second-order valence-electron chi connectivity index (χ2n) is 12.7. The average molecular weight is 688 g/mol. The lowest BCUT2D eigenvalue weighted by atomic mass is 10.0. The molecule has 0 bridgehead atoms. The molecule has 0 fully saturated rings. The fraction of sp³-hybridized carbons (Fsp3) is 0.263. The number of nitrogens with zero attached hydrogens (tertiary/aromatic N) is 2.